The average molecular weight is 230 g/mol. The largest absolute Gasteiger partial charge is 0.360 e. The smallest absolute Gasteiger partial charge is 0.230 e. The van der Waals surface area contributed by atoms with E-state index in [1.165, 1.54) is 0 Å². The summed E-state index contributed by atoms with van der Waals surface area (Å²) in [5.74, 6) is -0.741. The van der Waals surface area contributed by atoms with Crippen molar-refractivity contribution >= 4 is 22.5 Å². The molecule has 0 aliphatic carbocycles. The molecule has 0 fully saturated rings. The van der Waals surface area contributed by atoms with Crippen molar-refractivity contribution in [3.05, 3.63) is 30.2 Å². The van der Waals surface area contributed by atoms with Crippen molar-refractivity contribution in [2.45, 2.75) is 26.2 Å². The van der Waals surface area contributed by atoms with Crippen LogP contribution in [-0.4, -0.2) is 21.5 Å². The Balaban J connectivity index is 2.28. The molecule has 0 saturated carbocycles. The monoisotopic (exact) mass is 230 g/mol. The van der Waals surface area contributed by atoms with E-state index in [1.807, 2.05) is 6.92 Å². The van der Waals surface area contributed by atoms with Gasteiger partial charge in [0.25, 0.3) is 0 Å². The number of hydrogen-bond acceptors (Lipinski definition) is 3. The Bertz CT molecular complexity index is 557. The van der Waals surface area contributed by atoms with Crippen molar-refractivity contribution < 1.29 is 9.59 Å². The summed E-state index contributed by atoms with van der Waals surface area (Å²) in [6, 6.07) is 1.78. The van der Waals surface area contributed by atoms with E-state index in [4.69, 9.17) is 0 Å². The maximum Gasteiger partial charge on any atom is 0.230 e. The number of fused-ring (bicyclic) bond motifs is 1. The number of ketones is 2. The highest BCUT2D eigenvalue weighted by atomic mass is 16.2. The van der Waals surface area contributed by atoms with Gasteiger partial charge in [-0.15, -0.1) is 0 Å². The summed E-state index contributed by atoms with van der Waals surface area (Å²) in [6.07, 6.45) is 6.82. The molecule has 0 amide bonds. The standard InChI is InChI=1S/C13H14N2O2/c1-2-3-4-12(16)13(17)10-8-15-11-5-6-14-7-9(10)11/h5-8,15H,2-4H2,1H3. The van der Waals surface area contributed by atoms with Gasteiger partial charge in [0.2, 0.25) is 11.6 Å². The molecular formula is C13H14N2O2. The van der Waals surface area contributed by atoms with E-state index in [0.717, 1.165) is 18.4 Å². The SMILES string of the molecule is CCCCC(=O)C(=O)c1c[nH]c2ccncc12. The lowest BCUT2D eigenvalue weighted by Gasteiger charge is -1.97. The Labute approximate surface area is 99.1 Å². The van der Waals surface area contributed by atoms with E-state index in [9.17, 15) is 9.59 Å². The lowest BCUT2D eigenvalue weighted by molar-refractivity contribution is -0.115. The first kappa shape index (κ1) is 11.5. The van der Waals surface area contributed by atoms with Crippen LogP contribution in [0.5, 0.6) is 0 Å². The van der Waals surface area contributed by atoms with Crippen molar-refractivity contribution in [1.82, 2.24) is 9.97 Å². The van der Waals surface area contributed by atoms with Crippen molar-refractivity contribution in [3.8, 4) is 0 Å². The molecule has 0 unspecified atom stereocenters. The molecule has 2 rings (SSSR count). The highest BCUT2D eigenvalue weighted by Gasteiger charge is 2.18. The zero-order valence-electron chi connectivity index (χ0n) is 9.69. The number of unbranched alkanes of at least 4 members (excludes halogenated alkanes) is 1. The number of aromatic amines is 1. The minimum absolute atomic E-state index is 0.322. The molecular weight excluding hydrogens is 216 g/mol. The van der Waals surface area contributed by atoms with Crippen LogP contribution in [0.3, 0.4) is 0 Å². The van der Waals surface area contributed by atoms with Crippen LogP contribution in [0, 0.1) is 0 Å². The van der Waals surface area contributed by atoms with Crippen molar-refractivity contribution in [2.75, 3.05) is 0 Å². The van der Waals surface area contributed by atoms with E-state index in [2.05, 4.69) is 9.97 Å². The fourth-order valence-electron chi connectivity index (χ4n) is 1.75. The first-order valence-corrected chi connectivity index (χ1v) is 5.72. The normalized spacial score (nSPS) is 10.6. The number of hydrogen-bond donors (Lipinski definition) is 1. The van der Waals surface area contributed by atoms with Crippen molar-refractivity contribution in [3.63, 3.8) is 0 Å². The second-order valence-corrected chi connectivity index (χ2v) is 3.98. The molecule has 0 radical (unpaired) electrons. The number of pyridine rings is 1. The number of rotatable bonds is 5. The minimum Gasteiger partial charge on any atom is -0.360 e. The summed E-state index contributed by atoms with van der Waals surface area (Å²) in [4.78, 5) is 30.5. The molecule has 0 spiro atoms. The Morgan fingerprint density at radius 3 is 3.00 bits per heavy atom. The third-order valence-corrected chi connectivity index (χ3v) is 2.74. The van der Waals surface area contributed by atoms with Crippen LogP contribution >= 0.6 is 0 Å². The Hall–Kier alpha value is -1.97. The molecule has 88 valence electrons. The van der Waals surface area contributed by atoms with Crippen molar-refractivity contribution in [2.24, 2.45) is 0 Å². The fraction of sp³-hybridized carbons (Fsp3) is 0.308. The number of H-pyrrole nitrogens is 1. The van der Waals surface area contributed by atoms with Gasteiger partial charge in [-0.1, -0.05) is 13.3 Å². The van der Waals surface area contributed by atoms with Crippen molar-refractivity contribution in [1.29, 1.82) is 0 Å². The quantitative estimate of drug-likeness (QED) is 0.634. The summed E-state index contributed by atoms with van der Waals surface area (Å²) in [7, 11) is 0. The molecule has 4 heteroatoms. The molecule has 17 heavy (non-hydrogen) atoms. The highest BCUT2D eigenvalue weighted by molar-refractivity contribution is 6.45. The van der Waals surface area contributed by atoms with Gasteiger partial charge in [0, 0.05) is 35.9 Å². The van der Waals surface area contributed by atoms with Crippen LogP contribution < -0.4 is 0 Å². The van der Waals surface area contributed by atoms with E-state index in [0.29, 0.717) is 17.4 Å². The predicted molar refractivity (Wildman–Crippen MR) is 65.0 cm³/mol. The van der Waals surface area contributed by atoms with Crippen LogP contribution in [0.15, 0.2) is 24.7 Å². The summed E-state index contributed by atoms with van der Waals surface area (Å²) >= 11 is 0. The zero-order chi connectivity index (χ0) is 12.3. The number of nitrogens with one attached hydrogen (secondary N) is 1. The molecule has 2 aromatic heterocycles. The van der Waals surface area contributed by atoms with Crippen LogP contribution in [0.25, 0.3) is 10.9 Å². The summed E-state index contributed by atoms with van der Waals surface area (Å²) in [5.41, 5.74) is 1.25. The average Bonchev–Trinajstić information content (AvgIpc) is 2.78. The number of Topliss-reactive ketones (excluding diaryl/α,β-unsaturated/α-hetero) is 2. The second kappa shape index (κ2) is 4.91. The van der Waals surface area contributed by atoms with E-state index >= 15 is 0 Å². The Morgan fingerprint density at radius 2 is 2.24 bits per heavy atom. The molecule has 0 saturated heterocycles. The van der Waals surface area contributed by atoms with Crippen LogP contribution in [0.4, 0.5) is 0 Å². The molecule has 2 heterocycles. The lowest BCUT2D eigenvalue weighted by Crippen LogP contribution is -2.13. The van der Waals surface area contributed by atoms with Gasteiger partial charge in [-0.05, 0) is 12.5 Å². The van der Waals surface area contributed by atoms with Gasteiger partial charge < -0.3 is 4.98 Å². The second-order valence-electron chi connectivity index (χ2n) is 3.98. The maximum atomic E-state index is 11.9. The number of aromatic nitrogens is 2. The van der Waals surface area contributed by atoms with E-state index in [1.54, 1.807) is 24.7 Å². The molecule has 1 N–H and O–H groups in total. The van der Waals surface area contributed by atoms with Gasteiger partial charge in [-0.25, -0.2) is 0 Å². The maximum absolute atomic E-state index is 11.9. The van der Waals surface area contributed by atoms with Crippen LogP contribution in [-0.2, 0) is 4.79 Å². The highest BCUT2D eigenvalue weighted by Crippen LogP contribution is 2.17. The fourth-order valence-corrected chi connectivity index (χ4v) is 1.75. The number of nitrogens with zero attached hydrogens (tertiary/aromatic N) is 1. The molecule has 2 aromatic rings. The zero-order valence-corrected chi connectivity index (χ0v) is 9.69. The number of carbonyl (C=O) groups is 2. The van der Waals surface area contributed by atoms with Crippen LogP contribution in [0.1, 0.15) is 36.5 Å². The van der Waals surface area contributed by atoms with E-state index < -0.39 is 5.78 Å². The van der Waals surface area contributed by atoms with Crippen LogP contribution in [0.2, 0.25) is 0 Å². The predicted octanol–water partition coefficient (Wildman–Crippen LogP) is 2.50. The first-order chi connectivity index (χ1) is 8.24. The Kier molecular flexibility index (Phi) is 3.32. The minimum atomic E-state index is -0.419. The summed E-state index contributed by atoms with van der Waals surface area (Å²) in [5, 5.41) is 0.711. The van der Waals surface area contributed by atoms with Gasteiger partial charge in [0.15, 0.2) is 0 Å². The molecule has 0 aliphatic rings. The van der Waals surface area contributed by atoms with Gasteiger partial charge >= 0.3 is 0 Å². The molecule has 4 nitrogen and oxygen atoms in total. The van der Waals surface area contributed by atoms with Gasteiger partial charge in [0.1, 0.15) is 0 Å². The van der Waals surface area contributed by atoms with Gasteiger partial charge in [0.05, 0.1) is 5.56 Å². The third kappa shape index (κ3) is 2.25. The summed E-state index contributed by atoms with van der Waals surface area (Å²) in [6.45, 7) is 1.99. The number of carbonyl (C=O) groups excluding carboxylic acids is 2. The molecule has 0 aliphatic heterocycles. The molecule has 0 atom stereocenters. The lowest BCUT2D eigenvalue weighted by atomic mass is 10.0. The van der Waals surface area contributed by atoms with Gasteiger partial charge in [-0.2, -0.15) is 0 Å². The first-order valence-electron chi connectivity index (χ1n) is 5.72. The Morgan fingerprint density at radius 1 is 1.41 bits per heavy atom. The third-order valence-electron chi connectivity index (χ3n) is 2.74. The van der Waals surface area contributed by atoms with E-state index in [-0.39, 0.29) is 5.78 Å². The molecule has 0 bridgehead atoms. The topological polar surface area (TPSA) is 62.8 Å². The van der Waals surface area contributed by atoms with Gasteiger partial charge in [-0.3, -0.25) is 14.6 Å². The summed E-state index contributed by atoms with van der Waals surface area (Å²) < 4.78 is 0. The molecule has 0 aromatic carbocycles.